The molecule has 0 unspecified atom stereocenters. The van der Waals surface area contributed by atoms with Gasteiger partial charge in [-0.3, -0.25) is 4.99 Å². The fourth-order valence-electron chi connectivity index (χ4n) is 3.30. The first-order valence-corrected chi connectivity index (χ1v) is 10.3. The average Bonchev–Trinajstić information content (AvgIpc) is 3.19. The topological polar surface area (TPSA) is 78.6 Å². The third-order valence-corrected chi connectivity index (χ3v) is 5.17. The van der Waals surface area contributed by atoms with Crippen LogP contribution < -0.4 is 10.6 Å². The van der Waals surface area contributed by atoms with Gasteiger partial charge >= 0.3 is 0 Å². The molecule has 0 amide bonds. The molecule has 1 aromatic heterocycles. The van der Waals surface area contributed by atoms with Gasteiger partial charge in [0.15, 0.2) is 5.96 Å². The summed E-state index contributed by atoms with van der Waals surface area (Å²) < 4.78 is 5.34. The molecule has 1 fully saturated rings. The standard InChI is InChI=1S/C20H29ClN6O.HI/c1-3-4-10-27-11-8-17(9-12-27)24-20(22-2)23-14-18-25-19(26-28-18)15-6-5-7-16(21)13-15;/h5-7,13,17H,3-4,8-12,14H2,1-2H3,(H2,22,23,24);1H. The Morgan fingerprint density at radius 2 is 2.14 bits per heavy atom. The molecule has 0 saturated carbocycles. The number of halogens is 2. The molecule has 0 atom stereocenters. The molecule has 0 aliphatic carbocycles. The van der Waals surface area contributed by atoms with Crippen LogP contribution in [-0.4, -0.2) is 53.7 Å². The molecule has 2 aromatic rings. The highest BCUT2D eigenvalue weighted by atomic mass is 127. The Kier molecular flexibility index (Phi) is 10.2. The summed E-state index contributed by atoms with van der Waals surface area (Å²) >= 11 is 6.02. The summed E-state index contributed by atoms with van der Waals surface area (Å²) in [6.45, 7) is 6.15. The van der Waals surface area contributed by atoms with Crippen molar-refractivity contribution in [3.05, 3.63) is 35.2 Å². The first kappa shape index (κ1) is 23.9. The second kappa shape index (κ2) is 12.3. The molecule has 29 heavy (non-hydrogen) atoms. The Morgan fingerprint density at radius 1 is 1.34 bits per heavy atom. The molecule has 2 heterocycles. The van der Waals surface area contributed by atoms with Crippen molar-refractivity contribution in [1.29, 1.82) is 0 Å². The van der Waals surface area contributed by atoms with Gasteiger partial charge in [0, 0.05) is 36.8 Å². The summed E-state index contributed by atoms with van der Waals surface area (Å²) in [5.41, 5.74) is 0.833. The predicted octanol–water partition coefficient (Wildman–Crippen LogP) is 3.94. The molecule has 0 spiro atoms. The van der Waals surface area contributed by atoms with E-state index in [-0.39, 0.29) is 24.0 Å². The minimum absolute atomic E-state index is 0. The van der Waals surface area contributed by atoms with E-state index in [0.29, 0.717) is 29.3 Å². The number of unbranched alkanes of at least 4 members (excludes halogenated alkanes) is 1. The lowest BCUT2D eigenvalue weighted by molar-refractivity contribution is 0.203. The van der Waals surface area contributed by atoms with Crippen molar-refractivity contribution >= 4 is 41.5 Å². The SMILES string of the molecule is CCCCN1CCC(NC(=NC)NCc2nc(-c3cccc(Cl)c3)no2)CC1.I. The van der Waals surface area contributed by atoms with E-state index in [4.69, 9.17) is 16.1 Å². The number of hydrogen-bond donors (Lipinski definition) is 2. The van der Waals surface area contributed by atoms with E-state index in [9.17, 15) is 0 Å². The minimum Gasteiger partial charge on any atom is -0.354 e. The average molecular weight is 533 g/mol. The maximum atomic E-state index is 6.02. The number of guanidine groups is 1. The van der Waals surface area contributed by atoms with E-state index in [0.717, 1.165) is 37.5 Å². The lowest BCUT2D eigenvalue weighted by Crippen LogP contribution is -2.48. The molecule has 1 aliphatic rings. The number of likely N-dealkylation sites (tertiary alicyclic amines) is 1. The van der Waals surface area contributed by atoms with E-state index in [1.807, 2.05) is 24.3 Å². The Morgan fingerprint density at radius 3 is 2.83 bits per heavy atom. The van der Waals surface area contributed by atoms with Gasteiger partial charge in [-0.05, 0) is 37.9 Å². The fraction of sp³-hybridized carbons (Fsp3) is 0.550. The van der Waals surface area contributed by atoms with Crippen molar-refractivity contribution < 1.29 is 4.52 Å². The highest BCUT2D eigenvalue weighted by molar-refractivity contribution is 14.0. The molecule has 1 aromatic carbocycles. The van der Waals surface area contributed by atoms with Crippen LogP contribution in [0.1, 0.15) is 38.5 Å². The number of aliphatic imine (C=N–C) groups is 1. The van der Waals surface area contributed by atoms with E-state index in [2.05, 4.69) is 37.6 Å². The second-order valence-electron chi connectivity index (χ2n) is 7.06. The number of piperidine rings is 1. The van der Waals surface area contributed by atoms with Gasteiger partial charge in [-0.2, -0.15) is 4.98 Å². The third-order valence-electron chi connectivity index (χ3n) is 4.94. The summed E-state index contributed by atoms with van der Waals surface area (Å²) in [7, 11) is 1.77. The van der Waals surface area contributed by atoms with Crippen molar-refractivity contribution in [3.63, 3.8) is 0 Å². The van der Waals surface area contributed by atoms with Crippen molar-refractivity contribution in [1.82, 2.24) is 25.7 Å². The quantitative estimate of drug-likeness (QED) is 0.320. The smallest absolute Gasteiger partial charge is 0.246 e. The van der Waals surface area contributed by atoms with Crippen LogP contribution in [0, 0.1) is 0 Å². The largest absolute Gasteiger partial charge is 0.354 e. The maximum Gasteiger partial charge on any atom is 0.246 e. The van der Waals surface area contributed by atoms with Crippen LogP contribution in [0.2, 0.25) is 5.02 Å². The van der Waals surface area contributed by atoms with Crippen LogP contribution in [-0.2, 0) is 6.54 Å². The molecule has 3 rings (SSSR count). The molecule has 1 aliphatic heterocycles. The Labute approximate surface area is 194 Å². The molecule has 0 radical (unpaired) electrons. The van der Waals surface area contributed by atoms with E-state index >= 15 is 0 Å². The van der Waals surface area contributed by atoms with Crippen molar-refractivity contribution in [2.45, 2.75) is 45.2 Å². The summed E-state index contributed by atoms with van der Waals surface area (Å²) in [5, 5.41) is 11.4. The van der Waals surface area contributed by atoms with Gasteiger partial charge in [0.2, 0.25) is 11.7 Å². The number of rotatable bonds is 7. The Balaban J connectivity index is 0.00000300. The van der Waals surface area contributed by atoms with Gasteiger partial charge in [-0.25, -0.2) is 0 Å². The maximum absolute atomic E-state index is 6.02. The van der Waals surface area contributed by atoms with Crippen molar-refractivity contribution in [2.75, 3.05) is 26.7 Å². The highest BCUT2D eigenvalue weighted by Crippen LogP contribution is 2.19. The van der Waals surface area contributed by atoms with Gasteiger partial charge in [0.05, 0.1) is 6.54 Å². The number of nitrogens with one attached hydrogen (secondary N) is 2. The van der Waals surface area contributed by atoms with E-state index in [1.54, 1.807) is 7.05 Å². The molecule has 2 N–H and O–H groups in total. The zero-order valence-electron chi connectivity index (χ0n) is 17.0. The van der Waals surface area contributed by atoms with Gasteiger partial charge in [0.25, 0.3) is 0 Å². The highest BCUT2D eigenvalue weighted by Gasteiger charge is 2.19. The first-order chi connectivity index (χ1) is 13.7. The van der Waals surface area contributed by atoms with Crippen LogP contribution in [0.3, 0.4) is 0 Å². The van der Waals surface area contributed by atoms with Gasteiger partial charge in [-0.15, -0.1) is 24.0 Å². The van der Waals surface area contributed by atoms with E-state index < -0.39 is 0 Å². The van der Waals surface area contributed by atoms with Crippen LogP contribution in [0.15, 0.2) is 33.8 Å². The zero-order valence-corrected chi connectivity index (χ0v) is 20.1. The molecular weight excluding hydrogens is 503 g/mol. The van der Waals surface area contributed by atoms with Gasteiger partial charge in [0.1, 0.15) is 0 Å². The molecule has 1 saturated heterocycles. The molecular formula is C20H30ClIN6O. The number of hydrogen-bond acceptors (Lipinski definition) is 5. The predicted molar refractivity (Wildman–Crippen MR) is 128 cm³/mol. The first-order valence-electron chi connectivity index (χ1n) is 9.96. The number of nitrogens with zero attached hydrogens (tertiary/aromatic N) is 4. The molecule has 7 nitrogen and oxygen atoms in total. The minimum atomic E-state index is 0. The normalized spacial score (nSPS) is 15.8. The van der Waals surface area contributed by atoms with Gasteiger partial charge in [-0.1, -0.05) is 42.2 Å². The van der Waals surface area contributed by atoms with Crippen LogP contribution in [0.5, 0.6) is 0 Å². The number of benzene rings is 1. The second-order valence-corrected chi connectivity index (χ2v) is 7.50. The molecule has 160 valence electrons. The fourth-order valence-corrected chi connectivity index (χ4v) is 3.49. The van der Waals surface area contributed by atoms with Crippen LogP contribution in [0.4, 0.5) is 0 Å². The number of aromatic nitrogens is 2. The monoisotopic (exact) mass is 532 g/mol. The summed E-state index contributed by atoms with van der Waals surface area (Å²) in [4.78, 5) is 11.3. The lowest BCUT2D eigenvalue weighted by Gasteiger charge is -2.32. The molecule has 9 heteroatoms. The van der Waals surface area contributed by atoms with Crippen LogP contribution >= 0.6 is 35.6 Å². The Hall–Kier alpha value is -1.39. The van der Waals surface area contributed by atoms with Crippen LogP contribution in [0.25, 0.3) is 11.4 Å². The summed E-state index contributed by atoms with van der Waals surface area (Å²) in [5.74, 6) is 1.79. The van der Waals surface area contributed by atoms with Crippen molar-refractivity contribution in [3.8, 4) is 11.4 Å². The van der Waals surface area contributed by atoms with Gasteiger partial charge < -0.3 is 20.1 Å². The Bertz CT molecular complexity index is 776. The zero-order chi connectivity index (χ0) is 19.8. The summed E-state index contributed by atoms with van der Waals surface area (Å²) in [6.07, 6.45) is 4.79. The van der Waals surface area contributed by atoms with E-state index in [1.165, 1.54) is 19.4 Å². The third kappa shape index (κ3) is 7.42. The lowest BCUT2D eigenvalue weighted by atomic mass is 10.0. The van der Waals surface area contributed by atoms with Crippen molar-refractivity contribution in [2.24, 2.45) is 4.99 Å². The summed E-state index contributed by atoms with van der Waals surface area (Å²) in [6, 6.07) is 7.84. The molecule has 0 bridgehead atoms.